The van der Waals surface area contributed by atoms with Crippen molar-refractivity contribution in [3.63, 3.8) is 0 Å². The summed E-state index contributed by atoms with van der Waals surface area (Å²) in [5, 5.41) is 8.77. The van der Waals surface area contributed by atoms with E-state index in [1.165, 1.54) is 0 Å². The van der Waals surface area contributed by atoms with Gasteiger partial charge in [-0.2, -0.15) is 0 Å². The van der Waals surface area contributed by atoms with Gasteiger partial charge in [0.25, 0.3) is 0 Å². The number of hydrogen-bond acceptors (Lipinski definition) is 2. The highest BCUT2D eigenvalue weighted by atomic mass is 16.3. The minimum atomic E-state index is -0.0514. The molecule has 0 fully saturated rings. The zero-order valence-corrected chi connectivity index (χ0v) is 7.58. The Morgan fingerprint density at radius 2 is 1.92 bits per heavy atom. The summed E-state index contributed by atoms with van der Waals surface area (Å²) in [5.74, 6) is -0.0514. The molecular formula is C11H12O2. The molecule has 0 aromatic heterocycles. The molecule has 2 heteroatoms. The normalized spacial score (nSPS) is 9.69. The monoisotopic (exact) mass is 176 g/mol. The number of aliphatic hydroxyl groups is 1. The summed E-state index contributed by atoms with van der Waals surface area (Å²) in [4.78, 5) is 11.4. The fourth-order valence-electron chi connectivity index (χ4n) is 1.01. The Balaban J connectivity index is 2.92. The molecule has 0 heterocycles. The minimum Gasteiger partial charge on any atom is -0.392 e. The van der Waals surface area contributed by atoms with Gasteiger partial charge in [-0.15, -0.1) is 0 Å². The second-order valence-corrected chi connectivity index (χ2v) is 2.96. The summed E-state index contributed by atoms with van der Waals surface area (Å²) in [7, 11) is 0. The highest BCUT2D eigenvalue weighted by Crippen LogP contribution is 2.08. The van der Waals surface area contributed by atoms with Crippen LogP contribution >= 0.6 is 0 Å². The van der Waals surface area contributed by atoms with Crippen molar-refractivity contribution in [2.24, 2.45) is 0 Å². The maximum atomic E-state index is 11.4. The van der Waals surface area contributed by atoms with E-state index in [0.717, 1.165) is 5.56 Å². The van der Waals surface area contributed by atoms with Gasteiger partial charge in [0.2, 0.25) is 0 Å². The van der Waals surface area contributed by atoms with E-state index >= 15 is 0 Å². The van der Waals surface area contributed by atoms with Gasteiger partial charge < -0.3 is 5.11 Å². The lowest BCUT2D eigenvalue weighted by Crippen LogP contribution is -1.99. The third-order valence-electron chi connectivity index (χ3n) is 1.79. The van der Waals surface area contributed by atoms with E-state index in [0.29, 0.717) is 11.1 Å². The molecule has 13 heavy (non-hydrogen) atoms. The molecule has 0 spiro atoms. The lowest BCUT2D eigenvalue weighted by atomic mass is 10.0. The number of carbonyl (C=O) groups is 1. The van der Waals surface area contributed by atoms with Crippen molar-refractivity contribution in [2.75, 3.05) is 0 Å². The molecule has 1 rings (SSSR count). The molecule has 1 N–H and O–H groups in total. The maximum absolute atomic E-state index is 11.4. The average Bonchev–Trinajstić information content (AvgIpc) is 2.17. The molecule has 0 bridgehead atoms. The number of rotatable bonds is 3. The van der Waals surface area contributed by atoms with Crippen LogP contribution in [0.5, 0.6) is 0 Å². The largest absolute Gasteiger partial charge is 0.392 e. The molecule has 0 aliphatic heterocycles. The van der Waals surface area contributed by atoms with Crippen LogP contribution in [0.1, 0.15) is 22.8 Å². The summed E-state index contributed by atoms with van der Waals surface area (Å²) in [6, 6.07) is 6.86. The molecular weight excluding hydrogens is 164 g/mol. The zero-order valence-electron chi connectivity index (χ0n) is 7.58. The van der Waals surface area contributed by atoms with Crippen LogP contribution in [0.4, 0.5) is 0 Å². The molecule has 68 valence electrons. The summed E-state index contributed by atoms with van der Waals surface area (Å²) in [5.41, 5.74) is 1.94. The molecule has 0 saturated carbocycles. The van der Waals surface area contributed by atoms with Crippen LogP contribution in [0.2, 0.25) is 0 Å². The van der Waals surface area contributed by atoms with Gasteiger partial charge in [-0.1, -0.05) is 30.8 Å². The summed E-state index contributed by atoms with van der Waals surface area (Å²) in [6.07, 6.45) is 0. The number of hydrogen-bond donors (Lipinski definition) is 1. The summed E-state index contributed by atoms with van der Waals surface area (Å²) in [6.45, 7) is 5.26. The van der Waals surface area contributed by atoms with Crippen molar-refractivity contribution in [3.8, 4) is 0 Å². The first-order valence-corrected chi connectivity index (χ1v) is 4.05. The van der Waals surface area contributed by atoms with Gasteiger partial charge in [0.05, 0.1) is 6.61 Å². The Morgan fingerprint density at radius 3 is 2.31 bits per heavy atom. The number of aliphatic hydroxyl groups excluding tert-OH is 1. The third kappa shape index (κ3) is 2.26. The molecule has 0 radical (unpaired) electrons. The molecule has 0 aliphatic rings. The fraction of sp³-hybridized carbons (Fsp3) is 0.182. The van der Waals surface area contributed by atoms with Gasteiger partial charge >= 0.3 is 0 Å². The van der Waals surface area contributed by atoms with Crippen LogP contribution < -0.4 is 0 Å². The van der Waals surface area contributed by atoms with Crippen LogP contribution in [-0.4, -0.2) is 10.9 Å². The number of ketones is 1. The van der Waals surface area contributed by atoms with Gasteiger partial charge in [-0.05, 0) is 18.1 Å². The molecule has 2 nitrogen and oxygen atoms in total. The number of benzene rings is 1. The smallest absolute Gasteiger partial charge is 0.188 e. The second-order valence-electron chi connectivity index (χ2n) is 2.96. The van der Waals surface area contributed by atoms with E-state index in [9.17, 15) is 4.79 Å². The molecule has 0 amide bonds. The Hall–Kier alpha value is -1.41. The van der Waals surface area contributed by atoms with E-state index in [1.54, 1.807) is 31.2 Å². The van der Waals surface area contributed by atoms with Crippen LogP contribution in [0.25, 0.3) is 0 Å². The lowest BCUT2D eigenvalue weighted by molar-refractivity contribution is 0.103. The van der Waals surface area contributed by atoms with E-state index in [1.807, 2.05) is 0 Å². The van der Waals surface area contributed by atoms with E-state index in [-0.39, 0.29) is 12.4 Å². The van der Waals surface area contributed by atoms with Gasteiger partial charge in [0, 0.05) is 5.56 Å². The fourth-order valence-corrected chi connectivity index (χ4v) is 1.01. The topological polar surface area (TPSA) is 37.3 Å². The van der Waals surface area contributed by atoms with Crippen molar-refractivity contribution in [3.05, 3.63) is 47.5 Å². The quantitative estimate of drug-likeness (QED) is 0.564. The molecule has 1 aromatic rings. The van der Waals surface area contributed by atoms with Crippen LogP contribution in [0.3, 0.4) is 0 Å². The minimum absolute atomic E-state index is 0.00153. The van der Waals surface area contributed by atoms with Crippen molar-refractivity contribution >= 4 is 5.78 Å². The number of carbonyl (C=O) groups excluding carboxylic acids is 1. The molecule has 0 atom stereocenters. The predicted molar refractivity (Wildman–Crippen MR) is 51.5 cm³/mol. The highest BCUT2D eigenvalue weighted by molar-refractivity contribution is 6.07. The molecule has 0 unspecified atom stereocenters. The summed E-state index contributed by atoms with van der Waals surface area (Å²) >= 11 is 0. The van der Waals surface area contributed by atoms with Gasteiger partial charge in [-0.3, -0.25) is 4.79 Å². The van der Waals surface area contributed by atoms with Gasteiger partial charge in [0.1, 0.15) is 0 Å². The zero-order chi connectivity index (χ0) is 9.84. The first-order valence-electron chi connectivity index (χ1n) is 4.05. The third-order valence-corrected chi connectivity index (χ3v) is 1.79. The first-order chi connectivity index (χ1) is 6.15. The number of allylic oxidation sites excluding steroid dienone is 1. The van der Waals surface area contributed by atoms with Crippen LogP contribution in [0.15, 0.2) is 36.4 Å². The average molecular weight is 176 g/mol. The maximum Gasteiger partial charge on any atom is 0.188 e. The number of Topliss-reactive ketones (excluding diaryl/α,β-unsaturated/α-hetero) is 1. The van der Waals surface area contributed by atoms with E-state index in [4.69, 9.17) is 5.11 Å². The van der Waals surface area contributed by atoms with Gasteiger partial charge in [0.15, 0.2) is 5.78 Å². The Bertz CT molecular complexity index is 322. The molecule has 0 saturated heterocycles. The highest BCUT2D eigenvalue weighted by Gasteiger charge is 2.04. The van der Waals surface area contributed by atoms with Crippen LogP contribution in [-0.2, 0) is 6.61 Å². The Labute approximate surface area is 77.5 Å². The van der Waals surface area contributed by atoms with Crippen LogP contribution in [0, 0.1) is 0 Å². The van der Waals surface area contributed by atoms with Crippen molar-refractivity contribution in [1.82, 2.24) is 0 Å². The lowest BCUT2D eigenvalue weighted by Gasteiger charge is -2.00. The van der Waals surface area contributed by atoms with Crippen molar-refractivity contribution < 1.29 is 9.90 Å². The molecule has 1 aromatic carbocycles. The summed E-state index contributed by atoms with van der Waals surface area (Å²) < 4.78 is 0. The first kappa shape index (κ1) is 9.68. The predicted octanol–water partition coefficient (Wildman–Crippen LogP) is 1.94. The van der Waals surface area contributed by atoms with Gasteiger partial charge in [-0.25, -0.2) is 0 Å². The SMILES string of the molecule is C=C(C)C(=O)c1ccc(CO)cc1. The Kier molecular flexibility index (Phi) is 2.98. The van der Waals surface area contributed by atoms with Crippen molar-refractivity contribution in [1.29, 1.82) is 0 Å². The Morgan fingerprint density at radius 1 is 1.38 bits per heavy atom. The molecule has 0 aliphatic carbocycles. The second kappa shape index (κ2) is 4.01. The van der Waals surface area contributed by atoms with E-state index < -0.39 is 0 Å². The standard InChI is InChI=1S/C11H12O2/c1-8(2)11(13)10-5-3-9(7-12)4-6-10/h3-6,12H,1,7H2,2H3. The van der Waals surface area contributed by atoms with E-state index in [2.05, 4.69) is 6.58 Å². The van der Waals surface area contributed by atoms with Crippen molar-refractivity contribution in [2.45, 2.75) is 13.5 Å².